The number of allylic oxidation sites excluding steroid dienone is 1. The zero-order chi connectivity index (χ0) is 13.4. The molecule has 1 aliphatic rings. The van der Waals surface area contributed by atoms with Crippen LogP contribution in [0, 0.1) is 0 Å². The minimum atomic E-state index is 0.290. The Kier molecular flexibility index (Phi) is 3.26. The standard InChI is InChI=1S/C16H13Cl2N/c17-14-7-5-10(9-15(14)18)11-6-8-16(19)13-4-2-1-3-12(11)13/h1-5,7-9,11H,6,19H2. The second-order valence-electron chi connectivity index (χ2n) is 4.71. The van der Waals surface area contributed by atoms with Gasteiger partial charge in [-0.1, -0.05) is 59.6 Å². The molecule has 0 amide bonds. The normalized spacial score (nSPS) is 17.8. The zero-order valence-corrected chi connectivity index (χ0v) is 11.7. The van der Waals surface area contributed by atoms with Gasteiger partial charge in [0.15, 0.2) is 0 Å². The van der Waals surface area contributed by atoms with Crippen molar-refractivity contribution in [3.63, 3.8) is 0 Å². The first kappa shape index (κ1) is 12.6. The van der Waals surface area contributed by atoms with Crippen molar-refractivity contribution < 1.29 is 0 Å². The molecule has 0 heterocycles. The Hall–Kier alpha value is -1.44. The van der Waals surface area contributed by atoms with Crippen LogP contribution in [0.4, 0.5) is 0 Å². The molecule has 0 aliphatic heterocycles. The second-order valence-corrected chi connectivity index (χ2v) is 5.52. The fraction of sp³-hybridized carbons (Fsp3) is 0.125. The zero-order valence-electron chi connectivity index (χ0n) is 10.2. The lowest BCUT2D eigenvalue weighted by molar-refractivity contribution is 0.813. The summed E-state index contributed by atoms with van der Waals surface area (Å²) < 4.78 is 0. The van der Waals surface area contributed by atoms with E-state index in [0.717, 1.165) is 17.7 Å². The van der Waals surface area contributed by atoms with Gasteiger partial charge < -0.3 is 5.73 Å². The molecular weight excluding hydrogens is 277 g/mol. The first-order valence-corrected chi connectivity index (χ1v) is 6.92. The van der Waals surface area contributed by atoms with Crippen LogP contribution in [-0.4, -0.2) is 0 Å². The number of hydrogen-bond acceptors (Lipinski definition) is 1. The Morgan fingerprint density at radius 1 is 1.00 bits per heavy atom. The van der Waals surface area contributed by atoms with Crippen LogP contribution in [-0.2, 0) is 0 Å². The van der Waals surface area contributed by atoms with Crippen molar-refractivity contribution in [2.24, 2.45) is 5.73 Å². The summed E-state index contributed by atoms with van der Waals surface area (Å²) in [7, 11) is 0. The number of hydrogen-bond donors (Lipinski definition) is 1. The highest BCUT2D eigenvalue weighted by atomic mass is 35.5. The molecule has 1 unspecified atom stereocenters. The lowest BCUT2D eigenvalue weighted by atomic mass is 9.81. The van der Waals surface area contributed by atoms with Crippen molar-refractivity contribution in [1.29, 1.82) is 0 Å². The molecule has 1 nitrogen and oxygen atoms in total. The molecule has 0 bridgehead atoms. The van der Waals surface area contributed by atoms with Crippen LogP contribution in [0.1, 0.15) is 29.0 Å². The molecule has 0 spiro atoms. The molecule has 3 rings (SSSR count). The van der Waals surface area contributed by atoms with Gasteiger partial charge in [0.05, 0.1) is 10.0 Å². The number of nitrogens with two attached hydrogens (primary N) is 1. The van der Waals surface area contributed by atoms with Crippen LogP contribution in [0.15, 0.2) is 48.5 Å². The fourth-order valence-electron chi connectivity index (χ4n) is 2.59. The van der Waals surface area contributed by atoms with Crippen LogP contribution in [0.3, 0.4) is 0 Å². The third-order valence-electron chi connectivity index (χ3n) is 3.57. The average Bonchev–Trinajstić information content (AvgIpc) is 2.43. The predicted octanol–water partition coefficient (Wildman–Crippen LogP) is 4.83. The molecule has 0 aromatic heterocycles. The smallest absolute Gasteiger partial charge is 0.0595 e. The topological polar surface area (TPSA) is 26.0 Å². The maximum Gasteiger partial charge on any atom is 0.0595 e. The Morgan fingerprint density at radius 3 is 2.58 bits per heavy atom. The summed E-state index contributed by atoms with van der Waals surface area (Å²) in [6.07, 6.45) is 2.97. The van der Waals surface area contributed by atoms with Gasteiger partial charge in [-0.25, -0.2) is 0 Å². The summed E-state index contributed by atoms with van der Waals surface area (Å²) in [5, 5.41) is 1.18. The molecule has 19 heavy (non-hydrogen) atoms. The van der Waals surface area contributed by atoms with Gasteiger partial charge in [-0.2, -0.15) is 0 Å². The minimum absolute atomic E-state index is 0.290. The summed E-state index contributed by atoms with van der Waals surface area (Å²) in [5.74, 6) is 0.290. The highest BCUT2D eigenvalue weighted by Gasteiger charge is 2.21. The summed E-state index contributed by atoms with van der Waals surface area (Å²) in [6.45, 7) is 0. The van der Waals surface area contributed by atoms with Crippen molar-refractivity contribution in [2.45, 2.75) is 12.3 Å². The molecule has 2 aromatic carbocycles. The van der Waals surface area contributed by atoms with E-state index in [1.807, 2.05) is 30.3 Å². The Labute approximate surface area is 122 Å². The molecule has 0 fully saturated rings. The van der Waals surface area contributed by atoms with Crippen LogP contribution < -0.4 is 5.73 Å². The van der Waals surface area contributed by atoms with E-state index >= 15 is 0 Å². The molecule has 3 heteroatoms. The molecule has 2 aromatic rings. The quantitative estimate of drug-likeness (QED) is 0.800. The van der Waals surface area contributed by atoms with E-state index < -0.39 is 0 Å². The van der Waals surface area contributed by atoms with Crippen molar-refractivity contribution in [2.75, 3.05) is 0 Å². The second kappa shape index (κ2) is 4.92. The van der Waals surface area contributed by atoms with E-state index in [0.29, 0.717) is 16.0 Å². The van der Waals surface area contributed by atoms with E-state index in [-0.39, 0.29) is 0 Å². The van der Waals surface area contributed by atoms with Gasteiger partial charge in [0.2, 0.25) is 0 Å². The maximum atomic E-state index is 6.12. The van der Waals surface area contributed by atoms with Crippen molar-refractivity contribution in [1.82, 2.24) is 0 Å². The van der Waals surface area contributed by atoms with E-state index in [1.54, 1.807) is 0 Å². The van der Waals surface area contributed by atoms with Crippen LogP contribution >= 0.6 is 23.2 Å². The van der Waals surface area contributed by atoms with Crippen LogP contribution in [0.5, 0.6) is 0 Å². The largest absolute Gasteiger partial charge is 0.398 e. The summed E-state index contributed by atoms with van der Waals surface area (Å²) >= 11 is 12.1. The molecule has 0 saturated carbocycles. The molecule has 1 aliphatic carbocycles. The van der Waals surface area contributed by atoms with E-state index in [2.05, 4.69) is 18.2 Å². The highest BCUT2D eigenvalue weighted by molar-refractivity contribution is 6.42. The Morgan fingerprint density at radius 2 is 1.79 bits per heavy atom. The number of rotatable bonds is 1. The van der Waals surface area contributed by atoms with Crippen LogP contribution in [0.25, 0.3) is 5.70 Å². The number of benzene rings is 2. The van der Waals surface area contributed by atoms with Gasteiger partial charge >= 0.3 is 0 Å². The predicted molar refractivity (Wildman–Crippen MR) is 81.5 cm³/mol. The summed E-state index contributed by atoms with van der Waals surface area (Å²) in [6, 6.07) is 14.1. The first-order chi connectivity index (χ1) is 9.16. The molecular formula is C16H13Cl2N. The van der Waals surface area contributed by atoms with Gasteiger partial charge in [0.25, 0.3) is 0 Å². The number of halogens is 2. The SMILES string of the molecule is NC1=CCC(c2ccc(Cl)c(Cl)c2)c2ccccc21. The molecule has 2 N–H and O–H groups in total. The van der Waals surface area contributed by atoms with Crippen molar-refractivity contribution in [3.05, 3.63) is 75.3 Å². The Bertz CT molecular complexity index is 662. The lowest BCUT2D eigenvalue weighted by Crippen LogP contribution is -2.12. The van der Waals surface area contributed by atoms with Gasteiger partial charge in [0.1, 0.15) is 0 Å². The molecule has 96 valence electrons. The maximum absolute atomic E-state index is 6.12. The molecule has 1 atom stereocenters. The van der Waals surface area contributed by atoms with Gasteiger partial charge in [-0.05, 0) is 29.7 Å². The lowest BCUT2D eigenvalue weighted by Gasteiger charge is -2.24. The van der Waals surface area contributed by atoms with E-state index in [4.69, 9.17) is 28.9 Å². The van der Waals surface area contributed by atoms with E-state index in [1.165, 1.54) is 11.1 Å². The monoisotopic (exact) mass is 289 g/mol. The number of fused-ring (bicyclic) bond motifs is 1. The third-order valence-corrected chi connectivity index (χ3v) is 4.31. The van der Waals surface area contributed by atoms with Gasteiger partial charge in [0, 0.05) is 17.2 Å². The summed E-state index contributed by atoms with van der Waals surface area (Å²) in [4.78, 5) is 0. The minimum Gasteiger partial charge on any atom is -0.398 e. The van der Waals surface area contributed by atoms with Crippen LogP contribution in [0.2, 0.25) is 10.0 Å². The average molecular weight is 290 g/mol. The molecule has 0 saturated heterocycles. The fourth-order valence-corrected chi connectivity index (χ4v) is 2.90. The van der Waals surface area contributed by atoms with Crippen molar-refractivity contribution >= 4 is 28.9 Å². The van der Waals surface area contributed by atoms with Gasteiger partial charge in [-0.3, -0.25) is 0 Å². The highest BCUT2D eigenvalue weighted by Crippen LogP contribution is 2.38. The first-order valence-electron chi connectivity index (χ1n) is 6.16. The third kappa shape index (κ3) is 2.24. The Balaban J connectivity index is 2.10. The molecule has 0 radical (unpaired) electrons. The van der Waals surface area contributed by atoms with Crippen molar-refractivity contribution in [3.8, 4) is 0 Å². The van der Waals surface area contributed by atoms with Gasteiger partial charge in [-0.15, -0.1) is 0 Å². The van der Waals surface area contributed by atoms with E-state index in [9.17, 15) is 0 Å². The summed E-state index contributed by atoms with van der Waals surface area (Å²) in [5.41, 5.74) is 10.4.